The molecule has 0 bridgehead atoms. The van der Waals surface area contributed by atoms with Gasteiger partial charge in [0.25, 0.3) is 0 Å². The summed E-state index contributed by atoms with van der Waals surface area (Å²) in [6, 6.07) is 9.29. The van der Waals surface area contributed by atoms with E-state index in [0.29, 0.717) is 13.2 Å². The molecule has 0 aliphatic rings. The largest absolute Gasteiger partial charge is 0.534 e. The van der Waals surface area contributed by atoms with Crippen molar-refractivity contribution in [3.63, 3.8) is 0 Å². The fraction of sp³-hybridized carbons (Fsp3) is 0.400. The van der Waals surface area contributed by atoms with Crippen molar-refractivity contribution in [1.29, 1.82) is 0 Å². The predicted molar refractivity (Wildman–Crippen MR) is 57.3 cm³/mol. The highest BCUT2D eigenvalue weighted by Crippen LogP contribution is 2.04. The van der Waals surface area contributed by atoms with Crippen molar-refractivity contribution < 1.29 is 13.6 Å². The molecule has 4 heteroatoms. The quantitative estimate of drug-likeness (QED) is 0.737. The Morgan fingerprint density at radius 2 is 1.57 bits per heavy atom. The van der Waals surface area contributed by atoms with Gasteiger partial charge in [-0.3, -0.25) is 0 Å². The van der Waals surface area contributed by atoms with E-state index < -0.39 is 8.80 Å². The summed E-state index contributed by atoms with van der Waals surface area (Å²) in [7, 11) is -3.13. The third-order valence-corrected chi connectivity index (χ3v) is 4.24. The normalized spacial score (nSPS) is 11.6. The first-order chi connectivity index (χ1) is 6.73. The van der Waals surface area contributed by atoms with Crippen LogP contribution in [0.5, 0.6) is 0 Å². The lowest BCUT2D eigenvalue weighted by Crippen LogP contribution is -2.54. The van der Waals surface area contributed by atoms with E-state index in [1.54, 1.807) is 0 Å². The molecular weight excluding hydrogens is 196 g/mol. The molecule has 0 fully saturated rings. The van der Waals surface area contributed by atoms with Gasteiger partial charge in [-0.15, -0.1) is 0 Å². The van der Waals surface area contributed by atoms with E-state index in [4.69, 9.17) is 8.85 Å². The van der Waals surface area contributed by atoms with Gasteiger partial charge in [0.05, 0.1) is 0 Å². The van der Waals surface area contributed by atoms with Crippen molar-refractivity contribution in [2.75, 3.05) is 13.2 Å². The highest BCUT2D eigenvalue weighted by Gasteiger charge is 2.38. The van der Waals surface area contributed by atoms with Crippen molar-refractivity contribution in [2.24, 2.45) is 0 Å². The van der Waals surface area contributed by atoms with Crippen LogP contribution in [0.25, 0.3) is 0 Å². The fourth-order valence-electron chi connectivity index (χ4n) is 1.25. The average molecular weight is 212 g/mol. The first kappa shape index (κ1) is 11.4. The van der Waals surface area contributed by atoms with Gasteiger partial charge in [-0.1, -0.05) is 30.3 Å². The van der Waals surface area contributed by atoms with Gasteiger partial charge in [-0.25, -0.2) is 0 Å². The highest BCUT2D eigenvalue weighted by atomic mass is 28.4. The lowest BCUT2D eigenvalue weighted by Gasteiger charge is -2.22. The number of hydrogen-bond acceptors (Lipinski definition) is 3. The maximum Gasteiger partial charge on any atom is 0.534 e. The van der Waals surface area contributed by atoms with Crippen molar-refractivity contribution in [3.05, 3.63) is 30.3 Å². The zero-order valence-electron chi connectivity index (χ0n) is 8.56. The second kappa shape index (κ2) is 5.26. The summed E-state index contributed by atoms with van der Waals surface area (Å²) in [5, 5.41) is 0.753. The summed E-state index contributed by atoms with van der Waals surface area (Å²) >= 11 is 0. The van der Waals surface area contributed by atoms with Crippen molar-refractivity contribution in [3.8, 4) is 0 Å². The highest BCUT2D eigenvalue weighted by molar-refractivity contribution is 6.74. The molecule has 14 heavy (non-hydrogen) atoms. The Morgan fingerprint density at radius 3 is 2.00 bits per heavy atom. The van der Waals surface area contributed by atoms with Crippen LogP contribution in [0.15, 0.2) is 30.3 Å². The zero-order chi connectivity index (χ0) is 10.4. The van der Waals surface area contributed by atoms with E-state index >= 15 is 0 Å². The van der Waals surface area contributed by atoms with Gasteiger partial charge in [0.1, 0.15) is 0 Å². The summed E-state index contributed by atoms with van der Waals surface area (Å²) in [6.45, 7) is 4.61. The molecule has 0 unspecified atom stereocenters. The molecule has 0 aromatic heterocycles. The van der Waals surface area contributed by atoms with Crippen LogP contribution in [0.4, 0.5) is 0 Å². The summed E-state index contributed by atoms with van der Waals surface area (Å²) in [4.78, 5) is 10.2. The van der Waals surface area contributed by atoms with Crippen LogP contribution in [-0.2, 0) is 8.85 Å². The lowest BCUT2D eigenvalue weighted by atomic mass is 10.4. The molecule has 3 nitrogen and oxygen atoms in total. The van der Waals surface area contributed by atoms with Gasteiger partial charge in [0.15, 0.2) is 0 Å². The van der Waals surface area contributed by atoms with Crippen molar-refractivity contribution in [1.82, 2.24) is 0 Å². The van der Waals surface area contributed by atoms with E-state index in [-0.39, 0.29) is 0 Å². The molecule has 0 saturated heterocycles. The molecule has 0 aliphatic heterocycles. The van der Waals surface area contributed by atoms with Gasteiger partial charge in [0, 0.05) is 18.4 Å². The van der Waals surface area contributed by atoms with Crippen LogP contribution in [0, 0.1) is 0 Å². The summed E-state index contributed by atoms with van der Waals surface area (Å²) in [5.41, 5.74) is 0. The second-order valence-electron chi connectivity index (χ2n) is 2.81. The number of rotatable bonds is 5. The van der Waals surface area contributed by atoms with Crippen LogP contribution in [-0.4, -0.2) is 26.8 Å². The maximum atomic E-state index is 10.2. The third kappa shape index (κ3) is 2.65. The van der Waals surface area contributed by atoms with Gasteiger partial charge in [-0.05, 0) is 13.8 Å². The van der Waals surface area contributed by atoms with E-state index in [1.165, 1.54) is 0 Å². The molecule has 0 aliphatic carbocycles. The summed E-state index contributed by atoms with van der Waals surface area (Å²) in [5.74, 6) is 0. The van der Waals surface area contributed by atoms with Gasteiger partial charge in [-0.2, -0.15) is 0 Å². The number of benzene rings is 1. The van der Waals surface area contributed by atoms with Crippen molar-refractivity contribution in [2.45, 2.75) is 13.8 Å². The Balaban J connectivity index is 2.87. The Kier molecular flexibility index (Phi) is 4.28. The van der Waals surface area contributed by atoms with Crippen LogP contribution in [0.1, 0.15) is 13.8 Å². The molecule has 1 N–H and O–H groups in total. The minimum absolute atomic E-state index is 0.456. The van der Waals surface area contributed by atoms with Gasteiger partial charge in [0.2, 0.25) is 0 Å². The smallest absolute Gasteiger partial charge is 0.386 e. The maximum absolute atomic E-state index is 10.2. The predicted octanol–water partition coefficient (Wildman–Crippen LogP) is 0.898. The van der Waals surface area contributed by atoms with E-state index in [0.717, 1.165) is 5.19 Å². The monoisotopic (exact) mass is 212 g/mol. The van der Waals surface area contributed by atoms with Crippen LogP contribution >= 0.6 is 0 Å². The van der Waals surface area contributed by atoms with E-state index in [2.05, 4.69) is 0 Å². The molecule has 0 spiro atoms. The first-order valence-electron chi connectivity index (χ1n) is 4.78. The van der Waals surface area contributed by atoms with Gasteiger partial charge < -0.3 is 13.6 Å². The standard InChI is InChI=1S/C10H16O3Si/c1-3-12-14(11,13-4-2)10-8-6-5-7-9-10/h5-9,11H,3-4H2,1-2H3. The molecule has 0 saturated carbocycles. The molecule has 0 amide bonds. The molecule has 1 rings (SSSR count). The Morgan fingerprint density at radius 1 is 1.07 bits per heavy atom. The van der Waals surface area contributed by atoms with Crippen LogP contribution in [0.2, 0.25) is 0 Å². The van der Waals surface area contributed by atoms with Gasteiger partial charge >= 0.3 is 8.80 Å². The molecular formula is C10H16O3Si. The summed E-state index contributed by atoms with van der Waals surface area (Å²) in [6.07, 6.45) is 0. The zero-order valence-corrected chi connectivity index (χ0v) is 9.56. The second-order valence-corrected chi connectivity index (χ2v) is 5.13. The Bertz CT molecular complexity index is 257. The average Bonchev–Trinajstić information content (AvgIpc) is 2.20. The lowest BCUT2D eigenvalue weighted by molar-refractivity contribution is 0.124. The molecule has 1 aromatic carbocycles. The molecule has 1 aromatic rings. The topological polar surface area (TPSA) is 38.7 Å². The molecule has 0 heterocycles. The molecule has 0 atom stereocenters. The fourth-order valence-corrected chi connectivity index (χ4v) is 3.06. The van der Waals surface area contributed by atoms with Crippen LogP contribution in [0.3, 0.4) is 0 Å². The third-order valence-electron chi connectivity index (χ3n) is 1.82. The molecule has 0 radical (unpaired) electrons. The molecule has 78 valence electrons. The minimum atomic E-state index is -3.13. The SMILES string of the molecule is CCO[Si](O)(OCC)c1ccccc1. The minimum Gasteiger partial charge on any atom is -0.386 e. The number of hydrogen-bond donors (Lipinski definition) is 1. The van der Waals surface area contributed by atoms with Crippen molar-refractivity contribution >= 4 is 14.0 Å². The Hall–Kier alpha value is -0.683. The van der Waals surface area contributed by atoms with Crippen LogP contribution < -0.4 is 5.19 Å². The van der Waals surface area contributed by atoms with E-state index in [9.17, 15) is 4.80 Å². The van der Waals surface area contributed by atoms with E-state index in [1.807, 2.05) is 44.2 Å². The summed E-state index contributed by atoms with van der Waals surface area (Å²) < 4.78 is 10.7. The first-order valence-corrected chi connectivity index (χ1v) is 6.55. The Labute approximate surface area is 85.7 Å².